The molecule has 0 aliphatic heterocycles. The summed E-state index contributed by atoms with van der Waals surface area (Å²) in [4.78, 5) is 31.2. The van der Waals surface area contributed by atoms with Gasteiger partial charge < -0.3 is 10.1 Å². The van der Waals surface area contributed by atoms with Crippen molar-refractivity contribution < 1.29 is 9.53 Å². The minimum atomic E-state index is -0.435. The molecule has 35 heavy (non-hydrogen) atoms. The number of carbonyl (C=O) groups is 1. The average Bonchev–Trinajstić information content (AvgIpc) is 2.87. The maximum atomic E-state index is 13.5. The average molecular weight is 488 g/mol. The summed E-state index contributed by atoms with van der Waals surface area (Å²) < 4.78 is 6.82. The number of para-hydroxylation sites is 1. The van der Waals surface area contributed by atoms with Crippen molar-refractivity contribution in [3.05, 3.63) is 93.8 Å². The van der Waals surface area contributed by atoms with E-state index in [1.54, 1.807) is 17.7 Å². The number of hydrogen-bond donors (Lipinski definition) is 1. The van der Waals surface area contributed by atoms with Gasteiger partial charge in [-0.25, -0.2) is 4.98 Å². The first-order valence-electron chi connectivity index (χ1n) is 11.5. The molecule has 1 unspecified atom stereocenters. The molecule has 1 atom stereocenters. The van der Waals surface area contributed by atoms with Crippen LogP contribution in [-0.4, -0.2) is 34.4 Å². The van der Waals surface area contributed by atoms with Gasteiger partial charge in [-0.2, -0.15) is 0 Å². The molecule has 1 amide bonds. The van der Waals surface area contributed by atoms with Gasteiger partial charge in [0.25, 0.3) is 5.56 Å². The van der Waals surface area contributed by atoms with Crippen LogP contribution in [0.15, 0.2) is 76.7 Å². The molecule has 6 nitrogen and oxygen atoms in total. The first-order valence-corrected chi connectivity index (χ1v) is 12.4. The van der Waals surface area contributed by atoms with Crippen LogP contribution in [0.2, 0.25) is 0 Å². The van der Waals surface area contributed by atoms with Gasteiger partial charge in [-0.15, -0.1) is 0 Å². The summed E-state index contributed by atoms with van der Waals surface area (Å²) >= 11 is 1.29. The molecule has 4 rings (SSSR count). The summed E-state index contributed by atoms with van der Waals surface area (Å²) in [5.74, 6) is 0.707. The van der Waals surface area contributed by atoms with Crippen molar-refractivity contribution in [1.29, 1.82) is 0 Å². The van der Waals surface area contributed by atoms with E-state index in [1.165, 1.54) is 11.8 Å². The van der Waals surface area contributed by atoms with Crippen LogP contribution in [0.4, 0.5) is 0 Å². The van der Waals surface area contributed by atoms with Crippen molar-refractivity contribution in [3.8, 4) is 11.4 Å². The maximum Gasteiger partial charge on any atom is 0.266 e. The standard InChI is InChI=1S/C28H29N3O3S/c1-18-8-7-11-25(19(18)2)31-27(33)23-9-5-6-10-24(23)30-28(31)35-20(3)26(32)29-17-16-21-12-14-22(34-4)15-13-21/h5-15,20H,16-17H2,1-4H3,(H,29,32). The Kier molecular flexibility index (Phi) is 7.56. The first-order chi connectivity index (χ1) is 16.9. The Balaban J connectivity index is 1.57. The van der Waals surface area contributed by atoms with Crippen molar-refractivity contribution >= 4 is 28.6 Å². The molecule has 0 aliphatic rings. The molecular weight excluding hydrogens is 458 g/mol. The highest BCUT2D eigenvalue weighted by molar-refractivity contribution is 8.00. The molecule has 0 radical (unpaired) electrons. The van der Waals surface area contributed by atoms with Gasteiger partial charge in [-0.1, -0.05) is 48.2 Å². The summed E-state index contributed by atoms with van der Waals surface area (Å²) in [6.45, 7) is 6.37. The summed E-state index contributed by atoms with van der Waals surface area (Å²) in [6, 6.07) is 21.0. The van der Waals surface area contributed by atoms with Crippen LogP contribution in [0, 0.1) is 13.8 Å². The molecule has 1 N–H and O–H groups in total. The van der Waals surface area contributed by atoms with Crippen molar-refractivity contribution in [2.75, 3.05) is 13.7 Å². The largest absolute Gasteiger partial charge is 0.497 e. The highest BCUT2D eigenvalue weighted by atomic mass is 32.2. The molecule has 1 heterocycles. The highest BCUT2D eigenvalue weighted by Gasteiger charge is 2.21. The normalized spacial score (nSPS) is 11.9. The number of amides is 1. The van der Waals surface area contributed by atoms with Crippen LogP contribution in [-0.2, 0) is 11.2 Å². The van der Waals surface area contributed by atoms with Crippen LogP contribution < -0.4 is 15.6 Å². The van der Waals surface area contributed by atoms with Crippen molar-refractivity contribution in [1.82, 2.24) is 14.9 Å². The van der Waals surface area contributed by atoms with Gasteiger partial charge in [-0.3, -0.25) is 14.2 Å². The Bertz CT molecular complexity index is 1410. The number of hydrogen-bond acceptors (Lipinski definition) is 5. The first kappa shape index (κ1) is 24.5. The predicted octanol–water partition coefficient (Wildman–Crippen LogP) is 4.85. The maximum absolute atomic E-state index is 13.5. The summed E-state index contributed by atoms with van der Waals surface area (Å²) in [6.07, 6.45) is 0.717. The molecule has 1 aromatic heterocycles. The number of methoxy groups -OCH3 is 1. The number of rotatable bonds is 8. The topological polar surface area (TPSA) is 73.2 Å². The van der Waals surface area contributed by atoms with Crippen LogP contribution >= 0.6 is 11.8 Å². The predicted molar refractivity (Wildman–Crippen MR) is 142 cm³/mol. The zero-order chi connectivity index (χ0) is 24.9. The van der Waals surface area contributed by atoms with Crippen LogP contribution in [0.5, 0.6) is 5.75 Å². The third-order valence-electron chi connectivity index (χ3n) is 6.09. The molecule has 0 saturated heterocycles. The van der Waals surface area contributed by atoms with E-state index in [9.17, 15) is 9.59 Å². The third kappa shape index (κ3) is 5.41. The Morgan fingerprint density at radius 1 is 1.06 bits per heavy atom. The van der Waals surface area contributed by atoms with Crippen LogP contribution in [0.3, 0.4) is 0 Å². The van der Waals surface area contributed by atoms with Gasteiger partial charge in [0.1, 0.15) is 5.75 Å². The summed E-state index contributed by atoms with van der Waals surface area (Å²) in [5, 5.41) is 3.62. The van der Waals surface area contributed by atoms with Gasteiger partial charge >= 0.3 is 0 Å². The lowest BCUT2D eigenvalue weighted by atomic mass is 10.1. The number of benzene rings is 3. The van der Waals surface area contributed by atoms with E-state index in [4.69, 9.17) is 9.72 Å². The number of fused-ring (bicyclic) bond motifs is 1. The van der Waals surface area contributed by atoms with Crippen LogP contribution in [0.25, 0.3) is 16.6 Å². The lowest BCUT2D eigenvalue weighted by Gasteiger charge is -2.18. The lowest BCUT2D eigenvalue weighted by molar-refractivity contribution is -0.120. The van der Waals surface area contributed by atoms with Gasteiger partial charge in [0.15, 0.2) is 5.16 Å². The Morgan fingerprint density at radius 2 is 1.80 bits per heavy atom. The fraction of sp³-hybridized carbons (Fsp3) is 0.250. The molecule has 3 aromatic carbocycles. The Morgan fingerprint density at radius 3 is 2.54 bits per heavy atom. The van der Waals surface area contributed by atoms with Crippen molar-refractivity contribution in [2.45, 2.75) is 37.6 Å². The molecule has 180 valence electrons. The lowest BCUT2D eigenvalue weighted by Crippen LogP contribution is -2.33. The van der Waals surface area contributed by atoms with E-state index in [-0.39, 0.29) is 11.5 Å². The zero-order valence-corrected chi connectivity index (χ0v) is 21.2. The van der Waals surface area contributed by atoms with E-state index < -0.39 is 5.25 Å². The van der Waals surface area contributed by atoms with E-state index in [0.717, 1.165) is 28.1 Å². The number of nitrogens with zero attached hydrogens (tertiary/aromatic N) is 2. The number of aromatic nitrogens is 2. The van der Waals surface area contributed by atoms with E-state index in [1.807, 2.05) is 81.4 Å². The second-order valence-electron chi connectivity index (χ2n) is 8.42. The molecule has 0 spiro atoms. The Hall–Kier alpha value is -3.58. The van der Waals surface area contributed by atoms with Gasteiger partial charge in [-0.05, 0) is 74.2 Å². The monoisotopic (exact) mass is 487 g/mol. The number of nitrogens with one attached hydrogen (secondary N) is 1. The second kappa shape index (κ2) is 10.8. The van der Waals surface area contributed by atoms with Gasteiger partial charge in [0.05, 0.1) is 29.0 Å². The summed E-state index contributed by atoms with van der Waals surface area (Å²) in [5.41, 5.74) is 4.47. The Labute approximate surface area is 209 Å². The quantitative estimate of drug-likeness (QED) is 0.284. The van der Waals surface area contributed by atoms with Crippen LogP contribution in [0.1, 0.15) is 23.6 Å². The fourth-order valence-electron chi connectivity index (χ4n) is 3.86. The second-order valence-corrected chi connectivity index (χ2v) is 9.73. The molecular formula is C28H29N3O3S. The third-order valence-corrected chi connectivity index (χ3v) is 7.14. The summed E-state index contributed by atoms with van der Waals surface area (Å²) in [7, 11) is 1.64. The van der Waals surface area contributed by atoms with E-state index >= 15 is 0 Å². The number of carbonyl (C=O) groups excluding carboxylic acids is 1. The molecule has 0 saturated carbocycles. The number of aryl methyl sites for hydroxylation is 1. The number of ether oxygens (including phenoxy) is 1. The minimum Gasteiger partial charge on any atom is -0.497 e. The zero-order valence-electron chi connectivity index (χ0n) is 20.4. The molecule has 4 aromatic rings. The van der Waals surface area contributed by atoms with E-state index in [2.05, 4.69) is 5.32 Å². The van der Waals surface area contributed by atoms with Crippen molar-refractivity contribution in [3.63, 3.8) is 0 Å². The molecule has 0 bridgehead atoms. The number of thioether (sulfide) groups is 1. The molecule has 0 fully saturated rings. The minimum absolute atomic E-state index is 0.0987. The SMILES string of the molecule is COc1ccc(CCNC(=O)C(C)Sc2nc3ccccc3c(=O)n2-c2cccc(C)c2C)cc1. The molecule has 7 heteroatoms. The van der Waals surface area contributed by atoms with E-state index in [0.29, 0.717) is 29.0 Å². The smallest absolute Gasteiger partial charge is 0.266 e. The van der Waals surface area contributed by atoms with Gasteiger partial charge in [0.2, 0.25) is 5.91 Å². The highest BCUT2D eigenvalue weighted by Crippen LogP contribution is 2.27. The molecule has 0 aliphatic carbocycles. The fourth-order valence-corrected chi connectivity index (χ4v) is 4.80. The van der Waals surface area contributed by atoms with Crippen molar-refractivity contribution in [2.24, 2.45) is 0 Å². The van der Waals surface area contributed by atoms with Gasteiger partial charge in [0, 0.05) is 6.54 Å².